The van der Waals surface area contributed by atoms with Crippen LogP contribution < -0.4 is 10.1 Å². The predicted octanol–water partition coefficient (Wildman–Crippen LogP) is 3.51. The molecule has 1 aliphatic rings. The summed E-state index contributed by atoms with van der Waals surface area (Å²) < 4.78 is 5.54. The van der Waals surface area contributed by atoms with Crippen LogP contribution in [0.1, 0.15) is 51.0 Å². The number of hydrogen-bond acceptors (Lipinski definition) is 4. The molecular weight excluding hydrogens is 296 g/mol. The Bertz CT molecular complexity index is 566. The number of aryl methyl sites for hydroxylation is 1. The second kappa shape index (κ2) is 7.94. The molecule has 23 heavy (non-hydrogen) atoms. The lowest BCUT2D eigenvalue weighted by atomic mass is 10.1. The van der Waals surface area contributed by atoms with E-state index in [0.29, 0.717) is 0 Å². The maximum atomic E-state index is 12.3. The molecule has 0 aromatic heterocycles. The molecule has 1 atom stereocenters. The zero-order valence-corrected chi connectivity index (χ0v) is 13.7. The minimum atomic E-state index is -0.764. The highest BCUT2D eigenvalue weighted by Gasteiger charge is 2.23. The number of ether oxygens (including phenoxy) is 1. The summed E-state index contributed by atoms with van der Waals surface area (Å²) in [6, 6.07) is 4.91. The fourth-order valence-electron chi connectivity index (χ4n) is 2.86. The number of amides is 1. The van der Waals surface area contributed by atoms with E-state index in [1.807, 2.05) is 0 Å². The molecule has 1 amide bonds. The molecular formula is C17H24N2O4. The lowest BCUT2D eigenvalue weighted by Crippen LogP contribution is -2.42. The van der Waals surface area contributed by atoms with E-state index in [-0.39, 0.29) is 23.4 Å². The molecule has 0 heterocycles. The normalized spacial score (nSPS) is 17.1. The van der Waals surface area contributed by atoms with Crippen LogP contribution in [0, 0.1) is 17.0 Å². The van der Waals surface area contributed by atoms with Gasteiger partial charge in [0.1, 0.15) is 0 Å². The topological polar surface area (TPSA) is 81.5 Å². The van der Waals surface area contributed by atoms with Crippen molar-refractivity contribution in [2.75, 3.05) is 0 Å². The van der Waals surface area contributed by atoms with Gasteiger partial charge in [-0.1, -0.05) is 31.7 Å². The third-order valence-corrected chi connectivity index (χ3v) is 4.19. The number of nitrogens with zero attached hydrogens (tertiary/aromatic N) is 1. The van der Waals surface area contributed by atoms with E-state index in [4.69, 9.17) is 4.74 Å². The van der Waals surface area contributed by atoms with Crippen molar-refractivity contribution in [2.45, 2.75) is 64.5 Å². The minimum Gasteiger partial charge on any atom is -0.474 e. The largest absolute Gasteiger partial charge is 0.474 e. The fourth-order valence-corrected chi connectivity index (χ4v) is 2.86. The van der Waals surface area contributed by atoms with Crippen LogP contribution in [-0.2, 0) is 4.79 Å². The van der Waals surface area contributed by atoms with E-state index in [2.05, 4.69) is 5.32 Å². The number of benzene rings is 1. The first-order chi connectivity index (χ1) is 11.0. The van der Waals surface area contributed by atoms with Crippen LogP contribution in [0.3, 0.4) is 0 Å². The van der Waals surface area contributed by atoms with Crippen LogP contribution in [0.15, 0.2) is 18.2 Å². The lowest BCUT2D eigenvalue weighted by molar-refractivity contribution is -0.386. The number of carbonyl (C=O) groups is 1. The van der Waals surface area contributed by atoms with E-state index in [9.17, 15) is 14.9 Å². The summed E-state index contributed by atoms with van der Waals surface area (Å²) in [5.41, 5.74) is 0.665. The van der Waals surface area contributed by atoms with E-state index in [1.54, 1.807) is 26.0 Å². The van der Waals surface area contributed by atoms with Crippen LogP contribution >= 0.6 is 0 Å². The second-order valence-corrected chi connectivity index (χ2v) is 6.19. The van der Waals surface area contributed by atoms with Crippen molar-refractivity contribution in [3.8, 4) is 5.75 Å². The molecule has 0 saturated heterocycles. The summed E-state index contributed by atoms with van der Waals surface area (Å²) in [5.74, 6) is -0.0871. The van der Waals surface area contributed by atoms with Gasteiger partial charge in [0.05, 0.1) is 4.92 Å². The first-order valence-corrected chi connectivity index (χ1v) is 8.19. The molecule has 0 radical (unpaired) electrons. The number of carbonyl (C=O) groups excluding carboxylic acids is 1. The van der Waals surface area contributed by atoms with Crippen molar-refractivity contribution < 1.29 is 14.5 Å². The van der Waals surface area contributed by atoms with Crippen LogP contribution in [0.4, 0.5) is 5.69 Å². The van der Waals surface area contributed by atoms with Crippen LogP contribution in [0.25, 0.3) is 0 Å². The summed E-state index contributed by atoms with van der Waals surface area (Å²) >= 11 is 0. The van der Waals surface area contributed by atoms with Crippen molar-refractivity contribution in [1.82, 2.24) is 5.32 Å². The Balaban J connectivity index is 1.99. The van der Waals surface area contributed by atoms with Gasteiger partial charge in [0.25, 0.3) is 5.91 Å². The maximum absolute atomic E-state index is 12.3. The number of hydrogen-bond donors (Lipinski definition) is 1. The molecule has 0 bridgehead atoms. The fraction of sp³-hybridized carbons (Fsp3) is 0.588. The molecule has 1 N–H and O–H groups in total. The van der Waals surface area contributed by atoms with Gasteiger partial charge in [-0.05, 0) is 38.3 Å². The van der Waals surface area contributed by atoms with Crippen molar-refractivity contribution in [3.63, 3.8) is 0 Å². The highest BCUT2D eigenvalue weighted by atomic mass is 16.6. The number of nitrogens with one attached hydrogen (secondary N) is 1. The Hall–Kier alpha value is -2.11. The summed E-state index contributed by atoms with van der Waals surface area (Å²) in [6.45, 7) is 3.40. The molecule has 0 aliphatic heterocycles. The van der Waals surface area contributed by atoms with Crippen molar-refractivity contribution in [1.29, 1.82) is 0 Å². The molecule has 0 unspecified atom stereocenters. The molecule has 1 fully saturated rings. The van der Waals surface area contributed by atoms with Crippen molar-refractivity contribution in [2.24, 2.45) is 0 Å². The summed E-state index contributed by atoms with van der Waals surface area (Å²) in [5, 5.41) is 14.1. The molecule has 1 aromatic carbocycles. The van der Waals surface area contributed by atoms with Gasteiger partial charge in [-0.15, -0.1) is 0 Å². The van der Waals surface area contributed by atoms with Crippen molar-refractivity contribution >= 4 is 11.6 Å². The van der Waals surface area contributed by atoms with E-state index in [0.717, 1.165) is 31.2 Å². The van der Waals surface area contributed by atoms with Gasteiger partial charge >= 0.3 is 5.69 Å². The summed E-state index contributed by atoms with van der Waals surface area (Å²) in [6.07, 6.45) is 5.90. The van der Waals surface area contributed by atoms with Gasteiger partial charge in [0.15, 0.2) is 11.9 Å². The van der Waals surface area contributed by atoms with Crippen molar-refractivity contribution in [3.05, 3.63) is 33.9 Å². The monoisotopic (exact) mass is 320 g/mol. The third kappa shape index (κ3) is 4.94. The molecule has 6 heteroatoms. The van der Waals surface area contributed by atoms with Gasteiger partial charge in [-0.2, -0.15) is 0 Å². The Morgan fingerprint density at radius 3 is 2.57 bits per heavy atom. The second-order valence-electron chi connectivity index (χ2n) is 6.19. The molecule has 1 aliphatic carbocycles. The standard InChI is InChI=1S/C17H24N2O4/c1-12-9-10-16(15(11-12)19(21)22)23-13(2)17(20)18-14-7-5-3-4-6-8-14/h9-11,13-14H,3-8H2,1-2H3,(H,18,20)/t13-/m0/s1. The number of rotatable bonds is 5. The molecule has 126 valence electrons. The lowest BCUT2D eigenvalue weighted by Gasteiger charge is -2.20. The SMILES string of the molecule is Cc1ccc(O[C@@H](C)C(=O)NC2CCCCCC2)c([N+](=O)[O-])c1. The van der Waals surface area contributed by atoms with Gasteiger partial charge in [0.2, 0.25) is 0 Å². The average Bonchev–Trinajstić information content (AvgIpc) is 2.77. The zero-order valence-electron chi connectivity index (χ0n) is 13.7. The molecule has 6 nitrogen and oxygen atoms in total. The predicted molar refractivity (Wildman–Crippen MR) is 87.6 cm³/mol. The number of nitro groups is 1. The molecule has 0 spiro atoms. The van der Waals surface area contributed by atoms with E-state index in [1.165, 1.54) is 18.9 Å². The first kappa shape index (κ1) is 17.2. The molecule has 1 aromatic rings. The van der Waals surface area contributed by atoms with Gasteiger partial charge < -0.3 is 10.1 Å². The van der Waals surface area contributed by atoms with E-state index < -0.39 is 11.0 Å². The Morgan fingerprint density at radius 2 is 1.96 bits per heavy atom. The Morgan fingerprint density at radius 1 is 1.30 bits per heavy atom. The highest BCUT2D eigenvalue weighted by Crippen LogP contribution is 2.28. The van der Waals surface area contributed by atoms with E-state index >= 15 is 0 Å². The molecule has 1 saturated carbocycles. The Kier molecular flexibility index (Phi) is 5.96. The van der Waals surface area contributed by atoms with Crippen LogP contribution in [-0.4, -0.2) is 23.0 Å². The quantitative estimate of drug-likeness (QED) is 0.511. The first-order valence-electron chi connectivity index (χ1n) is 8.19. The van der Waals surface area contributed by atoms with Crippen LogP contribution in [0.5, 0.6) is 5.75 Å². The molecule has 2 rings (SSSR count). The van der Waals surface area contributed by atoms with Crippen LogP contribution in [0.2, 0.25) is 0 Å². The third-order valence-electron chi connectivity index (χ3n) is 4.19. The minimum absolute atomic E-state index is 0.112. The van der Waals surface area contributed by atoms with Gasteiger partial charge in [-0.3, -0.25) is 14.9 Å². The maximum Gasteiger partial charge on any atom is 0.311 e. The smallest absolute Gasteiger partial charge is 0.311 e. The zero-order chi connectivity index (χ0) is 16.8. The average molecular weight is 320 g/mol. The highest BCUT2D eigenvalue weighted by molar-refractivity contribution is 5.81. The summed E-state index contributed by atoms with van der Waals surface area (Å²) in [7, 11) is 0. The van der Waals surface area contributed by atoms with Gasteiger partial charge in [0, 0.05) is 12.1 Å². The number of nitro benzene ring substituents is 1. The Labute approximate surface area is 136 Å². The summed E-state index contributed by atoms with van der Waals surface area (Å²) in [4.78, 5) is 22.9. The van der Waals surface area contributed by atoms with Gasteiger partial charge in [-0.25, -0.2) is 0 Å².